The normalized spacial score (nSPS) is 19.3. The molecule has 0 aromatic carbocycles. The summed E-state index contributed by atoms with van der Waals surface area (Å²) in [4.78, 5) is 26.3. The van der Waals surface area contributed by atoms with Gasteiger partial charge >= 0.3 is 0 Å². The number of thiophene rings is 1. The lowest BCUT2D eigenvalue weighted by Crippen LogP contribution is -2.40. The molecule has 98 valence electrons. The van der Waals surface area contributed by atoms with E-state index < -0.39 is 0 Å². The number of likely N-dealkylation sites (tertiary alicyclic amines) is 1. The lowest BCUT2D eigenvalue weighted by molar-refractivity contribution is -0.131. The SMILES string of the molecule is CN1CC[C@H](NC(=O)CCCc2cccs2)C1=O. The van der Waals surface area contributed by atoms with Crippen LogP contribution in [0.2, 0.25) is 0 Å². The molecule has 1 saturated heterocycles. The highest BCUT2D eigenvalue weighted by Crippen LogP contribution is 2.12. The molecular weight excluding hydrogens is 248 g/mol. The second kappa shape index (κ2) is 6.00. The van der Waals surface area contributed by atoms with Gasteiger partial charge in [0.2, 0.25) is 11.8 Å². The third-order valence-electron chi connectivity index (χ3n) is 3.17. The fraction of sp³-hybridized carbons (Fsp3) is 0.538. The Morgan fingerprint density at radius 2 is 2.44 bits per heavy atom. The molecule has 1 aromatic rings. The molecule has 0 spiro atoms. The summed E-state index contributed by atoms with van der Waals surface area (Å²) in [6.45, 7) is 0.735. The molecule has 2 amide bonds. The maximum Gasteiger partial charge on any atom is 0.244 e. The van der Waals surface area contributed by atoms with Crippen LogP contribution in [0.25, 0.3) is 0 Å². The summed E-state index contributed by atoms with van der Waals surface area (Å²) in [5.74, 6) is 0.0156. The van der Waals surface area contributed by atoms with Gasteiger partial charge in [-0.25, -0.2) is 0 Å². The molecular formula is C13H18N2O2S. The van der Waals surface area contributed by atoms with Crippen LogP contribution in [0.15, 0.2) is 17.5 Å². The van der Waals surface area contributed by atoms with Crippen LogP contribution in [0.4, 0.5) is 0 Å². The first-order valence-corrected chi connectivity index (χ1v) is 7.11. The van der Waals surface area contributed by atoms with Gasteiger partial charge in [-0.2, -0.15) is 0 Å². The molecule has 4 nitrogen and oxygen atoms in total. The van der Waals surface area contributed by atoms with Crippen molar-refractivity contribution in [2.75, 3.05) is 13.6 Å². The van der Waals surface area contributed by atoms with Crippen LogP contribution in [0.3, 0.4) is 0 Å². The Morgan fingerprint density at radius 1 is 1.61 bits per heavy atom. The zero-order valence-electron chi connectivity index (χ0n) is 10.5. The monoisotopic (exact) mass is 266 g/mol. The predicted octanol–water partition coefficient (Wildman–Crippen LogP) is 1.42. The summed E-state index contributed by atoms with van der Waals surface area (Å²) in [6.07, 6.45) is 2.99. The van der Waals surface area contributed by atoms with Crippen LogP contribution in [0.5, 0.6) is 0 Å². The van der Waals surface area contributed by atoms with Gasteiger partial charge in [-0.15, -0.1) is 11.3 Å². The number of aryl methyl sites for hydroxylation is 1. The molecule has 1 aliphatic rings. The first kappa shape index (κ1) is 13.1. The minimum absolute atomic E-state index is 0.0137. The Balaban J connectivity index is 1.68. The van der Waals surface area contributed by atoms with Gasteiger partial charge in [0, 0.05) is 24.9 Å². The summed E-state index contributed by atoms with van der Waals surface area (Å²) in [5.41, 5.74) is 0. The molecule has 0 radical (unpaired) electrons. The van der Waals surface area contributed by atoms with Crippen molar-refractivity contribution in [2.24, 2.45) is 0 Å². The van der Waals surface area contributed by atoms with Crippen molar-refractivity contribution < 1.29 is 9.59 Å². The zero-order chi connectivity index (χ0) is 13.0. The number of nitrogens with zero attached hydrogens (tertiary/aromatic N) is 1. The predicted molar refractivity (Wildman–Crippen MR) is 71.4 cm³/mol. The molecule has 2 heterocycles. The van der Waals surface area contributed by atoms with E-state index >= 15 is 0 Å². The van der Waals surface area contributed by atoms with Crippen LogP contribution in [-0.2, 0) is 16.0 Å². The molecule has 1 N–H and O–H groups in total. The minimum atomic E-state index is -0.302. The van der Waals surface area contributed by atoms with E-state index in [1.165, 1.54) is 4.88 Å². The number of amides is 2. The van der Waals surface area contributed by atoms with Crippen molar-refractivity contribution in [2.45, 2.75) is 31.7 Å². The van der Waals surface area contributed by atoms with E-state index in [4.69, 9.17) is 0 Å². The highest BCUT2D eigenvalue weighted by Gasteiger charge is 2.29. The zero-order valence-corrected chi connectivity index (χ0v) is 11.3. The Morgan fingerprint density at radius 3 is 3.06 bits per heavy atom. The molecule has 0 saturated carbocycles. The Bertz CT molecular complexity index is 417. The lowest BCUT2D eigenvalue weighted by Gasteiger charge is -2.11. The van der Waals surface area contributed by atoms with Gasteiger partial charge in [0.25, 0.3) is 0 Å². The maximum absolute atomic E-state index is 11.7. The first-order chi connectivity index (χ1) is 8.66. The molecule has 2 rings (SSSR count). The average molecular weight is 266 g/mol. The summed E-state index contributed by atoms with van der Waals surface area (Å²) in [5, 5.41) is 4.86. The van der Waals surface area contributed by atoms with Gasteiger partial charge in [-0.05, 0) is 30.7 Å². The highest BCUT2D eigenvalue weighted by atomic mass is 32.1. The Labute approximate surface area is 111 Å². The Kier molecular flexibility index (Phi) is 4.36. The van der Waals surface area contributed by atoms with E-state index in [1.807, 2.05) is 11.4 Å². The van der Waals surface area contributed by atoms with E-state index in [2.05, 4.69) is 11.4 Å². The molecule has 18 heavy (non-hydrogen) atoms. The molecule has 1 aromatic heterocycles. The van der Waals surface area contributed by atoms with Crippen molar-refractivity contribution in [1.82, 2.24) is 10.2 Å². The van der Waals surface area contributed by atoms with Crippen LogP contribution >= 0.6 is 11.3 Å². The maximum atomic E-state index is 11.7. The fourth-order valence-electron chi connectivity index (χ4n) is 2.10. The first-order valence-electron chi connectivity index (χ1n) is 6.23. The van der Waals surface area contributed by atoms with Crippen LogP contribution in [0.1, 0.15) is 24.1 Å². The number of carbonyl (C=O) groups excluding carboxylic acids is 2. The smallest absolute Gasteiger partial charge is 0.244 e. The quantitative estimate of drug-likeness (QED) is 0.876. The minimum Gasteiger partial charge on any atom is -0.344 e. The van der Waals surface area contributed by atoms with Gasteiger partial charge in [0.1, 0.15) is 6.04 Å². The third-order valence-corrected chi connectivity index (χ3v) is 4.11. The molecule has 1 fully saturated rings. The van der Waals surface area contributed by atoms with Crippen molar-refractivity contribution in [1.29, 1.82) is 0 Å². The molecule has 0 unspecified atom stereocenters. The topological polar surface area (TPSA) is 49.4 Å². The van der Waals surface area contributed by atoms with Gasteiger partial charge in [0.15, 0.2) is 0 Å². The van der Waals surface area contributed by atoms with E-state index in [0.717, 1.165) is 25.8 Å². The third kappa shape index (κ3) is 3.32. The fourth-order valence-corrected chi connectivity index (χ4v) is 2.85. The van der Waals surface area contributed by atoms with E-state index in [0.29, 0.717) is 6.42 Å². The number of nitrogens with one attached hydrogen (secondary N) is 1. The van der Waals surface area contributed by atoms with E-state index in [9.17, 15) is 9.59 Å². The standard InChI is InChI=1S/C13H18N2O2S/c1-15-8-7-11(13(15)17)14-12(16)6-2-4-10-5-3-9-18-10/h3,5,9,11H,2,4,6-8H2,1H3,(H,14,16)/t11-/m0/s1. The lowest BCUT2D eigenvalue weighted by atomic mass is 10.2. The van der Waals surface area contributed by atoms with Crippen LogP contribution in [-0.4, -0.2) is 36.3 Å². The number of likely N-dealkylation sites (N-methyl/N-ethyl adjacent to an activating group) is 1. The number of hydrogen-bond donors (Lipinski definition) is 1. The van der Waals surface area contributed by atoms with Crippen molar-refractivity contribution in [3.05, 3.63) is 22.4 Å². The molecule has 1 aliphatic heterocycles. The number of carbonyl (C=O) groups is 2. The molecule has 1 atom stereocenters. The largest absolute Gasteiger partial charge is 0.344 e. The van der Waals surface area contributed by atoms with E-state index in [-0.39, 0.29) is 17.9 Å². The van der Waals surface area contributed by atoms with Crippen molar-refractivity contribution >= 4 is 23.2 Å². The number of hydrogen-bond acceptors (Lipinski definition) is 3. The second-order valence-corrected chi connectivity index (χ2v) is 5.63. The highest BCUT2D eigenvalue weighted by molar-refractivity contribution is 7.09. The number of rotatable bonds is 5. The summed E-state index contributed by atoms with van der Waals surface area (Å²) in [6, 6.07) is 3.80. The second-order valence-electron chi connectivity index (χ2n) is 4.60. The molecule has 0 bridgehead atoms. The van der Waals surface area contributed by atoms with Crippen LogP contribution < -0.4 is 5.32 Å². The van der Waals surface area contributed by atoms with Crippen molar-refractivity contribution in [3.63, 3.8) is 0 Å². The van der Waals surface area contributed by atoms with Crippen molar-refractivity contribution in [3.8, 4) is 0 Å². The van der Waals surface area contributed by atoms with Gasteiger partial charge < -0.3 is 10.2 Å². The average Bonchev–Trinajstić information content (AvgIpc) is 2.95. The van der Waals surface area contributed by atoms with Gasteiger partial charge in [-0.3, -0.25) is 9.59 Å². The van der Waals surface area contributed by atoms with Gasteiger partial charge in [0.05, 0.1) is 0 Å². The van der Waals surface area contributed by atoms with E-state index in [1.54, 1.807) is 23.3 Å². The van der Waals surface area contributed by atoms with Crippen LogP contribution in [0, 0.1) is 0 Å². The van der Waals surface area contributed by atoms with Gasteiger partial charge in [-0.1, -0.05) is 6.07 Å². The molecule has 0 aliphatic carbocycles. The Hall–Kier alpha value is -1.36. The molecule has 5 heteroatoms. The summed E-state index contributed by atoms with van der Waals surface area (Å²) >= 11 is 1.72. The summed E-state index contributed by atoms with van der Waals surface area (Å²) in [7, 11) is 1.77. The summed E-state index contributed by atoms with van der Waals surface area (Å²) < 4.78 is 0.